The molecule has 7 nitrogen and oxygen atoms in total. The smallest absolute Gasteiger partial charge is 0.335 e. The maximum absolute atomic E-state index is 11.7. The van der Waals surface area contributed by atoms with Crippen LogP contribution in [-0.4, -0.2) is 37.9 Å². The predicted molar refractivity (Wildman–Crippen MR) is 198 cm³/mol. The van der Waals surface area contributed by atoms with Crippen LogP contribution in [0.4, 0.5) is 0 Å². The van der Waals surface area contributed by atoms with E-state index in [1.807, 2.05) is 52.9 Å². The fourth-order valence-corrected chi connectivity index (χ4v) is 10.6. The van der Waals surface area contributed by atoms with Crippen LogP contribution in [0.2, 0.25) is 0 Å². The maximum atomic E-state index is 11.7. The largest absolute Gasteiger partial charge is 0.504 e. The van der Waals surface area contributed by atoms with Crippen molar-refractivity contribution in [1.29, 1.82) is 0 Å². The number of hydrogen-bond donors (Lipinski definition) is 5. The summed E-state index contributed by atoms with van der Waals surface area (Å²) in [5, 5.41) is 39.4. The first-order valence-electron chi connectivity index (χ1n) is 18.4. The van der Waals surface area contributed by atoms with E-state index in [9.17, 15) is 20.1 Å². The Labute approximate surface area is 292 Å². The summed E-state index contributed by atoms with van der Waals surface area (Å²) >= 11 is 0. The minimum Gasteiger partial charge on any atom is -0.504 e. The molecule has 7 atom stereocenters. The van der Waals surface area contributed by atoms with Crippen LogP contribution in [0.1, 0.15) is 146 Å². The van der Waals surface area contributed by atoms with E-state index >= 15 is 0 Å². The number of rotatable bonds is 2. The molecule has 4 aliphatic rings. The number of carboxylic acids is 1. The Kier molecular flexibility index (Phi) is 10.8. The van der Waals surface area contributed by atoms with Crippen molar-refractivity contribution in [1.82, 2.24) is 4.98 Å². The Bertz CT molecular complexity index is 1740. The number of aromatic carboxylic acids is 1. The molecule has 268 valence electrons. The second-order valence-electron chi connectivity index (χ2n) is 15.5. The Hall–Kier alpha value is -3.74. The number of allylic oxidation sites excluding steroid dienone is 2. The molecule has 7 rings (SSSR count). The van der Waals surface area contributed by atoms with Gasteiger partial charge in [0, 0.05) is 28.4 Å². The molecular formula is C42H59NO6. The lowest BCUT2D eigenvalue weighted by molar-refractivity contribution is -0.145. The first-order valence-corrected chi connectivity index (χ1v) is 18.4. The molecule has 0 spiro atoms. The van der Waals surface area contributed by atoms with E-state index in [4.69, 9.17) is 9.90 Å². The number of carbonyl (C=O) groups is 2. The van der Waals surface area contributed by atoms with Gasteiger partial charge in [0.2, 0.25) is 0 Å². The van der Waals surface area contributed by atoms with Crippen molar-refractivity contribution in [3.63, 3.8) is 0 Å². The predicted octanol–water partition coefficient (Wildman–Crippen LogP) is 10.7. The average molecular weight is 674 g/mol. The quantitative estimate of drug-likeness (QED) is 0.105. The van der Waals surface area contributed by atoms with E-state index in [2.05, 4.69) is 45.7 Å². The van der Waals surface area contributed by atoms with E-state index in [0.29, 0.717) is 11.3 Å². The van der Waals surface area contributed by atoms with Crippen molar-refractivity contribution in [3.8, 4) is 11.5 Å². The molecular weight excluding hydrogens is 614 g/mol. The van der Waals surface area contributed by atoms with Crippen molar-refractivity contribution in [2.24, 2.45) is 28.1 Å². The molecule has 3 saturated carbocycles. The molecule has 1 aromatic heterocycles. The minimum absolute atomic E-state index is 0.00117. The van der Waals surface area contributed by atoms with Crippen LogP contribution in [0.25, 0.3) is 10.9 Å². The molecule has 7 heteroatoms. The number of carboxylic acid groups (broad SMARTS) is 2. The van der Waals surface area contributed by atoms with Crippen molar-refractivity contribution in [2.45, 2.75) is 126 Å². The molecule has 6 unspecified atom stereocenters. The fourth-order valence-electron chi connectivity index (χ4n) is 10.6. The maximum Gasteiger partial charge on any atom is 0.335 e. The number of benzene rings is 2. The third kappa shape index (κ3) is 5.75. The van der Waals surface area contributed by atoms with Gasteiger partial charge in [-0.15, -0.1) is 0 Å². The van der Waals surface area contributed by atoms with Crippen LogP contribution in [0, 0.1) is 35.0 Å². The highest BCUT2D eigenvalue weighted by Gasteiger charge is 2.65. The van der Waals surface area contributed by atoms with Crippen molar-refractivity contribution in [2.75, 3.05) is 0 Å². The lowest BCUT2D eigenvalue weighted by atomic mass is 9.35. The number of H-pyrrole nitrogens is 1. The first kappa shape index (κ1) is 38.1. The Balaban J connectivity index is 0.000000722. The van der Waals surface area contributed by atoms with Crippen molar-refractivity contribution >= 4 is 23.3 Å². The van der Waals surface area contributed by atoms with Crippen LogP contribution >= 0.6 is 0 Å². The summed E-state index contributed by atoms with van der Waals surface area (Å²) in [5.41, 5.74) is 6.85. The topological polar surface area (TPSA) is 131 Å². The van der Waals surface area contributed by atoms with Crippen LogP contribution in [-0.2, 0) is 10.2 Å². The van der Waals surface area contributed by atoms with E-state index in [1.165, 1.54) is 31.3 Å². The molecule has 0 amide bonds. The van der Waals surface area contributed by atoms with Gasteiger partial charge >= 0.3 is 5.97 Å². The molecule has 0 bridgehead atoms. The van der Waals surface area contributed by atoms with Crippen molar-refractivity contribution < 1.29 is 30.0 Å². The number of fused-ring (bicyclic) bond motifs is 8. The number of aromatic nitrogens is 1. The van der Waals surface area contributed by atoms with Gasteiger partial charge in [-0.2, -0.15) is 0 Å². The van der Waals surface area contributed by atoms with Crippen LogP contribution in [0.5, 0.6) is 11.5 Å². The monoisotopic (exact) mass is 673 g/mol. The summed E-state index contributed by atoms with van der Waals surface area (Å²) in [7, 11) is 0. The second kappa shape index (κ2) is 13.9. The molecule has 2 aromatic carbocycles. The van der Waals surface area contributed by atoms with Gasteiger partial charge in [0.05, 0.1) is 5.56 Å². The molecule has 0 aliphatic heterocycles. The van der Waals surface area contributed by atoms with Crippen LogP contribution in [0.3, 0.4) is 0 Å². The van der Waals surface area contributed by atoms with Crippen LogP contribution in [0.15, 0.2) is 42.1 Å². The SMILES string of the molecule is CC.CC.Cc1c(O)c(O)cc2c1C(c1c[nH]c3cc(C(=O)O)ccc13)C=C1C2(C)CC[C@@]2(C)C3CC(C)CCC3(C)CCC12C.O=CO. The zero-order valence-electron chi connectivity index (χ0n) is 31.3. The fraction of sp³-hybridized carbons (Fsp3) is 0.571. The van der Waals surface area contributed by atoms with Crippen LogP contribution < -0.4 is 0 Å². The number of aromatic amines is 1. The van der Waals surface area contributed by atoms with Gasteiger partial charge in [-0.3, -0.25) is 4.79 Å². The van der Waals surface area contributed by atoms with E-state index in [-0.39, 0.29) is 45.7 Å². The molecule has 3 fully saturated rings. The van der Waals surface area contributed by atoms with E-state index < -0.39 is 5.97 Å². The third-order valence-electron chi connectivity index (χ3n) is 13.4. The second-order valence-corrected chi connectivity index (χ2v) is 15.5. The lowest BCUT2D eigenvalue weighted by Crippen LogP contribution is -2.61. The summed E-state index contributed by atoms with van der Waals surface area (Å²) in [5.74, 6) is 0.263. The Morgan fingerprint density at radius 1 is 0.959 bits per heavy atom. The summed E-state index contributed by atoms with van der Waals surface area (Å²) in [4.78, 5) is 23.4. The van der Waals surface area contributed by atoms with Gasteiger partial charge in [-0.05, 0) is 114 Å². The summed E-state index contributed by atoms with van der Waals surface area (Å²) in [6, 6.07) is 7.13. The summed E-state index contributed by atoms with van der Waals surface area (Å²) in [6.07, 6.45) is 13.1. The summed E-state index contributed by atoms with van der Waals surface area (Å²) < 4.78 is 0. The normalized spacial score (nSPS) is 32.4. The molecule has 5 N–H and O–H groups in total. The molecule has 4 aliphatic carbocycles. The minimum atomic E-state index is -0.944. The highest BCUT2D eigenvalue weighted by molar-refractivity contribution is 5.95. The third-order valence-corrected chi connectivity index (χ3v) is 13.4. The van der Waals surface area contributed by atoms with Gasteiger partial charge < -0.3 is 25.4 Å². The molecule has 0 radical (unpaired) electrons. The molecule has 1 heterocycles. The zero-order valence-corrected chi connectivity index (χ0v) is 31.3. The van der Waals surface area contributed by atoms with Gasteiger partial charge in [0.15, 0.2) is 11.5 Å². The van der Waals surface area contributed by atoms with Gasteiger partial charge in [-0.25, -0.2) is 4.79 Å². The Morgan fingerprint density at radius 2 is 1.61 bits per heavy atom. The lowest BCUT2D eigenvalue weighted by Gasteiger charge is -2.69. The Morgan fingerprint density at radius 3 is 2.24 bits per heavy atom. The number of aromatic hydroxyl groups is 2. The number of hydrogen-bond acceptors (Lipinski definition) is 4. The first-order chi connectivity index (χ1) is 23.1. The standard InChI is InChI=1S/C37H45NO4.2C2H6.CH2O2/c1-20-9-10-34(3)11-13-37(6)30-17-24(25-19-38-27-16-22(33(41)42)7-8-23(25)27)31-21(2)32(40)28(39)18-26(31)35(30,4)12-14-36(37,5)29(34)15-20;2*1-2;2-1-3/h7-8,16-20,24,29,38-40H,9-15H2,1-6H3,(H,41,42);2*1-2H3;1H,(H,2,3)/t20?,24?,29?,34?,35?,36-,37?;;;/m0.../s1. The van der Waals surface area contributed by atoms with E-state index in [0.717, 1.165) is 58.3 Å². The molecule has 49 heavy (non-hydrogen) atoms. The summed E-state index contributed by atoms with van der Waals surface area (Å²) in [6.45, 7) is 22.2. The van der Waals surface area contributed by atoms with Crippen molar-refractivity contribution in [3.05, 3.63) is 69.9 Å². The van der Waals surface area contributed by atoms with Gasteiger partial charge in [0.1, 0.15) is 0 Å². The van der Waals surface area contributed by atoms with Gasteiger partial charge in [-0.1, -0.05) is 86.4 Å². The highest BCUT2D eigenvalue weighted by Crippen LogP contribution is 2.74. The average Bonchev–Trinajstić information content (AvgIpc) is 3.51. The highest BCUT2D eigenvalue weighted by atomic mass is 16.4. The van der Waals surface area contributed by atoms with E-state index in [1.54, 1.807) is 12.1 Å². The number of phenolic OH excluding ortho intramolecular Hbond substituents is 2. The number of nitrogens with one attached hydrogen (secondary N) is 1. The molecule has 0 saturated heterocycles. The zero-order chi connectivity index (χ0) is 36.7. The number of phenols is 2. The van der Waals surface area contributed by atoms with Gasteiger partial charge in [0.25, 0.3) is 6.47 Å². The molecule has 3 aromatic rings.